The summed E-state index contributed by atoms with van der Waals surface area (Å²) in [5.74, 6) is -6.60. The monoisotopic (exact) mass is 534 g/mol. The van der Waals surface area contributed by atoms with E-state index >= 15 is 0 Å². The first-order valence-corrected chi connectivity index (χ1v) is 8.87. The maximum absolute atomic E-state index is 14.3. The van der Waals surface area contributed by atoms with Gasteiger partial charge in [-0.1, -0.05) is 0 Å². The van der Waals surface area contributed by atoms with E-state index in [4.69, 9.17) is 5.11 Å². The molecule has 0 saturated heterocycles. The molecule has 0 fully saturated rings. The Morgan fingerprint density at radius 1 is 1.21 bits per heavy atom. The molecule has 1 unspecified atom stereocenters. The van der Waals surface area contributed by atoms with E-state index in [1.54, 1.807) is 19.1 Å². The van der Waals surface area contributed by atoms with Gasteiger partial charge in [0.15, 0.2) is 23.6 Å². The van der Waals surface area contributed by atoms with Crippen LogP contribution in [0.15, 0.2) is 24.3 Å². The predicted molar refractivity (Wildman–Crippen MR) is 99.0 cm³/mol. The molecule has 29 heavy (non-hydrogen) atoms. The van der Waals surface area contributed by atoms with Gasteiger partial charge in [0.1, 0.15) is 6.61 Å². The van der Waals surface area contributed by atoms with Crippen molar-refractivity contribution in [3.63, 3.8) is 0 Å². The maximum Gasteiger partial charge on any atom is 0.416 e. The van der Waals surface area contributed by atoms with Gasteiger partial charge in [0, 0.05) is 9.26 Å². The fraction of sp³-hybridized carbons (Fsp3) is 0.235. The Labute approximate surface area is 174 Å². The third kappa shape index (κ3) is 5.73. The highest BCUT2D eigenvalue weighted by Gasteiger charge is 2.38. The number of benzene rings is 2. The molecule has 0 saturated carbocycles. The van der Waals surface area contributed by atoms with Gasteiger partial charge in [0.25, 0.3) is 5.91 Å². The van der Waals surface area contributed by atoms with Crippen LogP contribution in [0.2, 0.25) is 0 Å². The van der Waals surface area contributed by atoms with Crippen LogP contribution in [0, 0.1) is 27.9 Å². The second kappa shape index (κ2) is 9.17. The summed E-state index contributed by atoms with van der Waals surface area (Å²) in [6, 6.07) is 5.20. The molecule has 2 aromatic carbocycles. The number of amides is 1. The summed E-state index contributed by atoms with van der Waals surface area (Å²) in [5.41, 5.74) is 0.892. The van der Waals surface area contributed by atoms with Crippen LogP contribution in [0.4, 0.5) is 37.7 Å². The second-order valence-corrected chi connectivity index (χ2v) is 7.04. The van der Waals surface area contributed by atoms with Crippen LogP contribution in [-0.2, 0) is 4.84 Å². The van der Waals surface area contributed by atoms with E-state index in [0.29, 0.717) is 11.6 Å². The molecule has 2 rings (SSSR count). The molecule has 0 radical (unpaired) electrons. The number of hydroxylamine groups is 1. The van der Waals surface area contributed by atoms with Gasteiger partial charge in [-0.3, -0.25) is 9.63 Å². The third-order valence-electron chi connectivity index (χ3n) is 3.64. The fourth-order valence-electron chi connectivity index (χ4n) is 2.13. The molecule has 158 valence electrons. The van der Waals surface area contributed by atoms with Crippen molar-refractivity contribution in [2.75, 3.05) is 11.9 Å². The van der Waals surface area contributed by atoms with E-state index in [1.807, 2.05) is 22.6 Å². The van der Waals surface area contributed by atoms with Crippen molar-refractivity contribution in [3.05, 3.63) is 56.4 Å². The molecule has 3 N–H and O–H groups in total. The summed E-state index contributed by atoms with van der Waals surface area (Å²) in [7, 11) is 0. The fourth-order valence-corrected chi connectivity index (χ4v) is 2.78. The number of carbonyl (C=O) groups excluding carboxylic acids is 1. The summed E-state index contributed by atoms with van der Waals surface area (Å²) in [6.45, 7) is 0.282. The Bertz CT molecular complexity index is 923. The van der Waals surface area contributed by atoms with Gasteiger partial charge in [-0.15, -0.1) is 0 Å². The molecule has 5 nitrogen and oxygen atoms in total. The van der Waals surface area contributed by atoms with Crippen molar-refractivity contribution < 1.29 is 41.1 Å². The van der Waals surface area contributed by atoms with Crippen LogP contribution < -0.4 is 10.8 Å². The van der Waals surface area contributed by atoms with E-state index in [9.17, 15) is 31.1 Å². The predicted octanol–water partition coefficient (Wildman–Crippen LogP) is 4.35. The highest BCUT2D eigenvalue weighted by molar-refractivity contribution is 14.1. The Kier molecular flexibility index (Phi) is 7.35. The van der Waals surface area contributed by atoms with Gasteiger partial charge in [0.05, 0.1) is 11.3 Å². The van der Waals surface area contributed by atoms with Gasteiger partial charge >= 0.3 is 6.18 Å². The molecule has 1 atom stereocenters. The standard InChI is InChI=1S/C17H13F6IN2O3/c1-7-4-8(24)2-3-11(7)25-15-9(5-10(18)13(19)14(15)20)16(28)26-29-6-12(27)17(21,22)23/h2-5,12,25,27H,6H2,1H3,(H,26,28). The van der Waals surface area contributed by atoms with Crippen LogP contribution in [0.5, 0.6) is 0 Å². The number of carbonyl (C=O) groups is 1. The second-order valence-electron chi connectivity index (χ2n) is 5.79. The summed E-state index contributed by atoms with van der Waals surface area (Å²) in [5, 5.41) is 11.3. The van der Waals surface area contributed by atoms with Crippen molar-refractivity contribution in [3.8, 4) is 0 Å². The lowest BCUT2D eigenvalue weighted by molar-refractivity contribution is -0.221. The van der Waals surface area contributed by atoms with Crippen LogP contribution in [0.25, 0.3) is 0 Å². The molecule has 12 heteroatoms. The van der Waals surface area contributed by atoms with E-state index in [0.717, 1.165) is 3.57 Å². The zero-order valence-corrected chi connectivity index (χ0v) is 16.7. The number of aliphatic hydroxyl groups is 1. The first-order chi connectivity index (χ1) is 13.4. The molecule has 0 aliphatic rings. The Balaban J connectivity index is 2.30. The smallest absolute Gasteiger partial charge is 0.381 e. The number of nitrogens with one attached hydrogen (secondary N) is 2. The van der Waals surface area contributed by atoms with Crippen molar-refractivity contribution in [1.82, 2.24) is 5.48 Å². The van der Waals surface area contributed by atoms with Crippen molar-refractivity contribution in [2.45, 2.75) is 19.2 Å². The normalized spacial score (nSPS) is 12.6. The van der Waals surface area contributed by atoms with E-state index in [-0.39, 0.29) is 5.69 Å². The first kappa shape index (κ1) is 23.2. The highest BCUT2D eigenvalue weighted by atomic mass is 127. The summed E-state index contributed by atoms with van der Waals surface area (Å²) in [6.07, 6.45) is -7.88. The third-order valence-corrected chi connectivity index (χ3v) is 4.31. The van der Waals surface area contributed by atoms with Crippen molar-refractivity contribution in [2.24, 2.45) is 0 Å². The number of rotatable bonds is 6. The first-order valence-electron chi connectivity index (χ1n) is 7.79. The Morgan fingerprint density at radius 2 is 1.86 bits per heavy atom. The Hall–Kier alpha value is -2.06. The lowest BCUT2D eigenvalue weighted by atomic mass is 10.1. The van der Waals surface area contributed by atoms with E-state index in [2.05, 4.69) is 10.2 Å². The molecule has 1 amide bonds. The molecule has 0 aromatic heterocycles. The van der Waals surface area contributed by atoms with E-state index < -0.39 is 53.5 Å². The zero-order valence-electron chi connectivity index (χ0n) is 14.5. The zero-order chi connectivity index (χ0) is 21.9. The quantitative estimate of drug-likeness (QED) is 0.223. The minimum absolute atomic E-state index is 0.276. The van der Waals surface area contributed by atoms with Gasteiger partial charge in [0.2, 0.25) is 0 Å². The van der Waals surface area contributed by atoms with Gasteiger partial charge in [-0.25, -0.2) is 18.7 Å². The average Bonchev–Trinajstić information content (AvgIpc) is 2.62. The minimum atomic E-state index is -4.99. The molecule has 0 aliphatic heterocycles. The van der Waals surface area contributed by atoms with Gasteiger partial charge in [-0.2, -0.15) is 13.2 Å². The van der Waals surface area contributed by atoms with Gasteiger partial charge in [-0.05, 0) is 59.3 Å². The molecular formula is C17H13F6IN2O3. The van der Waals surface area contributed by atoms with Crippen LogP contribution in [-0.4, -0.2) is 29.9 Å². The molecule has 0 bridgehead atoms. The topological polar surface area (TPSA) is 70.6 Å². The number of anilines is 2. The largest absolute Gasteiger partial charge is 0.416 e. The Morgan fingerprint density at radius 3 is 2.45 bits per heavy atom. The summed E-state index contributed by atoms with van der Waals surface area (Å²) < 4.78 is 79.1. The molecule has 0 aliphatic carbocycles. The lowest BCUT2D eigenvalue weighted by Crippen LogP contribution is -2.37. The number of halogens is 7. The molecule has 2 aromatic rings. The van der Waals surface area contributed by atoms with E-state index in [1.165, 1.54) is 11.5 Å². The van der Waals surface area contributed by atoms with Crippen LogP contribution in [0.1, 0.15) is 15.9 Å². The number of aliphatic hydroxyl groups excluding tert-OH is 1. The van der Waals surface area contributed by atoms with Crippen molar-refractivity contribution in [1.29, 1.82) is 0 Å². The number of hydrogen-bond donors (Lipinski definition) is 3. The number of aryl methyl sites for hydroxylation is 1. The summed E-state index contributed by atoms with van der Waals surface area (Å²) in [4.78, 5) is 16.4. The molecular weight excluding hydrogens is 521 g/mol. The number of hydrogen-bond acceptors (Lipinski definition) is 4. The average molecular weight is 534 g/mol. The lowest BCUT2D eigenvalue weighted by Gasteiger charge is -2.17. The van der Waals surface area contributed by atoms with Crippen LogP contribution in [0.3, 0.4) is 0 Å². The highest BCUT2D eigenvalue weighted by Crippen LogP contribution is 2.30. The van der Waals surface area contributed by atoms with Crippen LogP contribution >= 0.6 is 22.6 Å². The van der Waals surface area contributed by atoms with Crippen molar-refractivity contribution >= 4 is 39.9 Å². The molecule has 0 heterocycles. The van der Waals surface area contributed by atoms with Gasteiger partial charge < -0.3 is 10.4 Å². The summed E-state index contributed by atoms with van der Waals surface area (Å²) >= 11 is 2.02. The maximum atomic E-state index is 14.3. The minimum Gasteiger partial charge on any atom is -0.381 e. The number of alkyl halides is 3. The SMILES string of the molecule is Cc1cc(I)ccc1Nc1c(C(=O)NOCC(O)C(F)(F)F)cc(F)c(F)c1F. The molecule has 0 spiro atoms.